The van der Waals surface area contributed by atoms with Gasteiger partial charge in [-0.1, -0.05) is 18.7 Å². The summed E-state index contributed by atoms with van der Waals surface area (Å²) in [7, 11) is 0. The van der Waals surface area contributed by atoms with E-state index in [9.17, 15) is 4.79 Å². The molecule has 0 aliphatic carbocycles. The number of hydrogen-bond acceptors (Lipinski definition) is 3. The van der Waals surface area contributed by atoms with Crippen LogP contribution in [0.2, 0.25) is 0 Å². The van der Waals surface area contributed by atoms with Crippen molar-refractivity contribution in [3.63, 3.8) is 0 Å². The molecule has 4 nitrogen and oxygen atoms in total. The van der Waals surface area contributed by atoms with E-state index in [4.69, 9.17) is 9.47 Å². The molecule has 0 saturated carbocycles. The van der Waals surface area contributed by atoms with Crippen molar-refractivity contribution < 1.29 is 14.3 Å². The summed E-state index contributed by atoms with van der Waals surface area (Å²) in [5.41, 5.74) is 1.18. The molecule has 1 fully saturated rings. The van der Waals surface area contributed by atoms with E-state index in [1.165, 1.54) is 11.6 Å². The van der Waals surface area contributed by atoms with Crippen LogP contribution in [0.25, 0.3) is 0 Å². The Morgan fingerprint density at radius 2 is 2.05 bits per heavy atom. The quantitative estimate of drug-likeness (QED) is 0.784. The van der Waals surface area contributed by atoms with Crippen molar-refractivity contribution in [2.75, 3.05) is 26.4 Å². The van der Waals surface area contributed by atoms with Crippen molar-refractivity contribution in [3.8, 4) is 5.75 Å². The van der Waals surface area contributed by atoms with Gasteiger partial charge in [0, 0.05) is 19.8 Å². The second-order valence-electron chi connectivity index (χ2n) is 5.26. The molecule has 1 N–H and O–H groups in total. The van der Waals surface area contributed by atoms with Crippen molar-refractivity contribution in [1.82, 2.24) is 5.32 Å². The van der Waals surface area contributed by atoms with Crippen LogP contribution in [0.4, 0.5) is 0 Å². The lowest BCUT2D eigenvalue weighted by Crippen LogP contribution is -2.23. The monoisotopic (exact) mass is 289 g/mol. The number of ether oxygens (including phenoxy) is 2. The van der Waals surface area contributed by atoms with Crippen molar-refractivity contribution in [1.29, 1.82) is 0 Å². The van der Waals surface area contributed by atoms with Gasteiger partial charge in [-0.15, -0.1) is 0 Å². The van der Waals surface area contributed by atoms with Gasteiger partial charge in [0.1, 0.15) is 5.75 Å². The van der Waals surface area contributed by atoms with Crippen LogP contribution in [0.3, 0.4) is 0 Å². The molecule has 0 spiro atoms. The minimum absolute atomic E-state index is 0.133. The van der Waals surface area contributed by atoms with E-state index >= 15 is 0 Å². The number of carbonyl (C=O) groups excluding carboxylic acids is 1. The lowest BCUT2D eigenvalue weighted by atomic mass is 10.0. The van der Waals surface area contributed by atoms with Crippen LogP contribution in [0.1, 0.15) is 18.4 Å². The summed E-state index contributed by atoms with van der Waals surface area (Å²) in [6, 6.07) is 8.06. The molecular formula is C17H23NO3. The second-order valence-corrected chi connectivity index (χ2v) is 5.26. The predicted octanol–water partition coefficient (Wildman–Crippen LogP) is 2.34. The Morgan fingerprint density at radius 3 is 2.71 bits per heavy atom. The highest BCUT2D eigenvalue weighted by atomic mass is 16.5. The average molecular weight is 289 g/mol. The normalized spacial score (nSPS) is 15.4. The van der Waals surface area contributed by atoms with Gasteiger partial charge in [-0.25, -0.2) is 0 Å². The fourth-order valence-corrected chi connectivity index (χ4v) is 2.28. The lowest BCUT2D eigenvalue weighted by Gasteiger charge is -2.22. The molecule has 1 aliphatic heterocycles. The largest absolute Gasteiger partial charge is 0.493 e. The number of amides is 1. The molecule has 0 bridgehead atoms. The van der Waals surface area contributed by atoms with Gasteiger partial charge in [0.05, 0.1) is 6.61 Å². The van der Waals surface area contributed by atoms with Gasteiger partial charge in [0.15, 0.2) is 0 Å². The van der Waals surface area contributed by atoms with Crippen molar-refractivity contribution >= 4 is 5.91 Å². The molecule has 1 aliphatic rings. The van der Waals surface area contributed by atoms with Crippen LogP contribution in [0, 0.1) is 5.92 Å². The van der Waals surface area contributed by atoms with Crippen LogP contribution in [0.15, 0.2) is 36.9 Å². The number of rotatable bonds is 7. The first-order valence-electron chi connectivity index (χ1n) is 7.47. The zero-order chi connectivity index (χ0) is 14.9. The summed E-state index contributed by atoms with van der Waals surface area (Å²) in [5, 5.41) is 2.76. The molecule has 1 aromatic rings. The average Bonchev–Trinajstić information content (AvgIpc) is 2.55. The van der Waals surface area contributed by atoms with Gasteiger partial charge >= 0.3 is 0 Å². The third kappa shape index (κ3) is 5.60. The summed E-state index contributed by atoms with van der Waals surface area (Å²) in [4.78, 5) is 11.0. The van der Waals surface area contributed by atoms with E-state index < -0.39 is 0 Å². The molecule has 114 valence electrons. The Morgan fingerprint density at radius 1 is 1.33 bits per heavy atom. The van der Waals surface area contributed by atoms with E-state index in [0.29, 0.717) is 12.5 Å². The van der Waals surface area contributed by atoms with Crippen molar-refractivity contribution in [3.05, 3.63) is 42.5 Å². The highest BCUT2D eigenvalue weighted by molar-refractivity contribution is 5.86. The lowest BCUT2D eigenvalue weighted by molar-refractivity contribution is -0.116. The molecule has 0 unspecified atom stereocenters. The maximum atomic E-state index is 11.0. The van der Waals surface area contributed by atoms with Crippen LogP contribution < -0.4 is 10.1 Å². The highest BCUT2D eigenvalue weighted by Crippen LogP contribution is 2.18. The van der Waals surface area contributed by atoms with E-state index in [1.54, 1.807) is 0 Å². The van der Waals surface area contributed by atoms with Gasteiger partial charge in [-0.2, -0.15) is 0 Å². The third-order valence-corrected chi connectivity index (χ3v) is 3.65. The fraction of sp³-hybridized carbons (Fsp3) is 0.471. The standard InChI is InChI=1S/C17H23NO3/c1-2-17(19)18-10-7-14-3-5-16(6-4-14)21-13-15-8-11-20-12-9-15/h2-6,15H,1,7-13H2,(H,18,19). The van der Waals surface area contributed by atoms with Crippen molar-refractivity contribution in [2.24, 2.45) is 5.92 Å². The number of carbonyl (C=O) groups is 1. The third-order valence-electron chi connectivity index (χ3n) is 3.65. The summed E-state index contributed by atoms with van der Waals surface area (Å²) in [6.45, 7) is 6.50. The second kappa shape index (κ2) is 8.47. The molecule has 0 radical (unpaired) electrons. The molecule has 1 aromatic carbocycles. The smallest absolute Gasteiger partial charge is 0.243 e. The molecule has 1 amide bonds. The fourth-order valence-electron chi connectivity index (χ4n) is 2.28. The molecule has 1 saturated heterocycles. The predicted molar refractivity (Wildman–Crippen MR) is 82.4 cm³/mol. The van der Waals surface area contributed by atoms with Crippen LogP contribution in [-0.2, 0) is 16.0 Å². The number of benzene rings is 1. The minimum Gasteiger partial charge on any atom is -0.493 e. The molecular weight excluding hydrogens is 266 g/mol. The van der Waals surface area contributed by atoms with Gasteiger partial charge in [0.25, 0.3) is 0 Å². The Balaban J connectivity index is 1.70. The SMILES string of the molecule is C=CC(=O)NCCc1ccc(OCC2CCOCC2)cc1. The van der Waals surface area contributed by atoms with E-state index in [-0.39, 0.29) is 5.91 Å². The Bertz CT molecular complexity index is 450. The van der Waals surface area contributed by atoms with Crippen LogP contribution in [0.5, 0.6) is 5.75 Å². The first kappa shape index (κ1) is 15.6. The maximum absolute atomic E-state index is 11.0. The Kier molecular flexibility index (Phi) is 6.28. The molecule has 2 rings (SSSR count). The summed E-state index contributed by atoms with van der Waals surface area (Å²) in [5.74, 6) is 1.37. The zero-order valence-electron chi connectivity index (χ0n) is 12.3. The first-order chi connectivity index (χ1) is 10.3. The van der Waals surface area contributed by atoms with Crippen LogP contribution >= 0.6 is 0 Å². The summed E-state index contributed by atoms with van der Waals surface area (Å²) < 4.78 is 11.2. The zero-order valence-corrected chi connectivity index (χ0v) is 12.3. The van der Waals surface area contributed by atoms with E-state index in [2.05, 4.69) is 11.9 Å². The van der Waals surface area contributed by atoms with Gasteiger partial charge in [-0.05, 0) is 49.0 Å². The minimum atomic E-state index is -0.133. The Labute approximate surface area is 126 Å². The number of hydrogen-bond donors (Lipinski definition) is 1. The molecule has 21 heavy (non-hydrogen) atoms. The van der Waals surface area contributed by atoms with Gasteiger partial charge < -0.3 is 14.8 Å². The molecule has 1 heterocycles. The van der Waals surface area contributed by atoms with E-state index in [1.807, 2.05) is 24.3 Å². The number of nitrogens with one attached hydrogen (secondary N) is 1. The summed E-state index contributed by atoms with van der Waals surface area (Å²) in [6.07, 6.45) is 4.26. The van der Waals surface area contributed by atoms with Crippen LogP contribution in [-0.4, -0.2) is 32.3 Å². The molecule has 0 atom stereocenters. The Hall–Kier alpha value is -1.81. The van der Waals surface area contributed by atoms with E-state index in [0.717, 1.165) is 44.8 Å². The molecule has 0 aromatic heterocycles. The topological polar surface area (TPSA) is 47.6 Å². The molecule has 4 heteroatoms. The highest BCUT2D eigenvalue weighted by Gasteiger charge is 2.14. The first-order valence-corrected chi connectivity index (χ1v) is 7.47. The van der Waals surface area contributed by atoms with Gasteiger partial charge in [0.2, 0.25) is 5.91 Å². The summed E-state index contributed by atoms with van der Waals surface area (Å²) >= 11 is 0. The van der Waals surface area contributed by atoms with Gasteiger partial charge in [-0.3, -0.25) is 4.79 Å². The van der Waals surface area contributed by atoms with Crippen molar-refractivity contribution in [2.45, 2.75) is 19.3 Å². The maximum Gasteiger partial charge on any atom is 0.243 e.